The van der Waals surface area contributed by atoms with Crippen LogP contribution in [0.15, 0.2) is 0 Å². The molecule has 2 heterocycles. The fourth-order valence-corrected chi connectivity index (χ4v) is 1.21. The summed E-state index contributed by atoms with van der Waals surface area (Å²) in [5, 5.41) is 7.62. The second kappa shape index (κ2) is 6.44. The molecule has 0 radical (unpaired) electrons. The van der Waals surface area contributed by atoms with Gasteiger partial charge in [0.2, 0.25) is 17.8 Å². The smallest absolute Gasteiger partial charge is 0.315 e. The first-order valence-electron chi connectivity index (χ1n) is 5.46. The van der Waals surface area contributed by atoms with E-state index in [4.69, 9.17) is 0 Å². The predicted octanol–water partition coefficient (Wildman–Crippen LogP) is 0.154. The van der Waals surface area contributed by atoms with Crippen molar-refractivity contribution in [2.45, 2.75) is 0 Å². The summed E-state index contributed by atoms with van der Waals surface area (Å²) < 4.78 is 38.0. The lowest BCUT2D eigenvalue weighted by molar-refractivity contribution is 0.524. The Bertz CT molecular complexity index is 570. The Labute approximate surface area is 115 Å². The molecule has 0 unspecified atom stereocenters. The van der Waals surface area contributed by atoms with Crippen LogP contribution in [0.25, 0.3) is 0 Å². The van der Waals surface area contributed by atoms with Gasteiger partial charge in [0.05, 0.1) is 6.67 Å². The molecule has 0 spiro atoms. The molecule has 0 aliphatic heterocycles. The van der Waals surface area contributed by atoms with E-state index in [0.717, 1.165) is 5.54 Å². The van der Waals surface area contributed by atoms with Crippen LogP contribution in [0.3, 0.4) is 0 Å². The Morgan fingerprint density at radius 1 is 0.762 bits per heavy atom. The molecular weight excluding hydrogens is 293 g/mol. The minimum Gasteiger partial charge on any atom is -0.357 e. The third kappa shape index (κ3) is 3.99. The second-order valence-electron chi connectivity index (χ2n) is 3.38. The Morgan fingerprint density at radius 3 is 1.76 bits per heavy atom. The normalized spacial score (nSPS) is 10.1. The zero-order valence-electron chi connectivity index (χ0n) is 10.5. The zero-order chi connectivity index (χ0) is 15.2. The zero-order valence-corrected chi connectivity index (χ0v) is 10.5. The Kier molecular flexibility index (Phi) is 4.43. The maximum Gasteiger partial charge on any atom is 0.315 e. The highest BCUT2D eigenvalue weighted by Crippen LogP contribution is 2.06. The molecule has 13 heteroatoms. The van der Waals surface area contributed by atoms with E-state index in [0.29, 0.717) is 0 Å². The quantitative estimate of drug-likeness (QED) is 0.433. The van der Waals surface area contributed by atoms with Gasteiger partial charge in [-0.3, -0.25) is 0 Å². The van der Waals surface area contributed by atoms with Crippen LogP contribution in [-0.4, -0.2) is 43.6 Å². The van der Waals surface area contributed by atoms with Gasteiger partial charge in [-0.15, -0.1) is 4.48 Å². The topological polar surface area (TPSA) is 125 Å². The Hall–Kier alpha value is -2.99. The van der Waals surface area contributed by atoms with E-state index in [1.165, 1.54) is 7.05 Å². The molecule has 2 rings (SSSR count). The molecule has 10 nitrogen and oxygen atoms in total. The monoisotopic (exact) mass is 302 g/mol. The first-order valence-corrected chi connectivity index (χ1v) is 5.46. The maximum absolute atomic E-state index is 13.0. The van der Waals surface area contributed by atoms with E-state index in [1.54, 1.807) is 0 Å². The lowest BCUT2D eigenvalue weighted by Crippen LogP contribution is -2.17. The van der Waals surface area contributed by atoms with E-state index in [1.807, 2.05) is 0 Å². The van der Waals surface area contributed by atoms with Crippen LogP contribution in [-0.2, 0) is 0 Å². The van der Waals surface area contributed by atoms with Gasteiger partial charge in [0.1, 0.15) is 0 Å². The molecule has 0 aliphatic rings. The third-order valence-corrected chi connectivity index (χ3v) is 2.02. The van der Waals surface area contributed by atoms with E-state index in [2.05, 4.69) is 45.9 Å². The molecule has 2 aromatic rings. The van der Waals surface area contributed by atoms with Gasteiger partial charge in [-0.1, -0.05) is 0 Å². The summed E-state index contributed by atoms with van der Waals surface area (Å²) in [6.45, 7) is -0.0816. The average molecular weight is 302 g/mol. The largest absolute Gasteiger partial charge is 0.357 e. The fraction of sp³-hybridized carbons (Fsp3) is 0.250. The summed E-state index contributed by atoms with van der Waals surface area (Å²) in [6.07, 6.45) is -2.15. The molecule has 0 saturated carbocycles. The third-order valence-electron chi connectivity index (χ3n) is 2.02. The summed E-state index contributed by atoms with van der Waals surface area (Å²) in [7, 11) is 1.51. The van der Waals surface area contributed by atoms with Crippen molar-refractivity contribution < 1.29 is 13.3 Å². The highest BCUT2D eigenvalue weighted by Gasteiger charge is 2.07. The minimum absolute atomic E-state index is 0.0279. The minimum atomic E-state index is -1.17. The maximum atomic E-state index is 13.0. The highest BCUT2D eigenvalue weighted by molar-refractivity contribution is 5.35. The van der Waals surface area contributed by atoms with Gasteiger partial charge >= 0.3 is 12.2 Å². The lowest BCUT2D eigenvalue weighted by atomic mass is 10.8. The summed E-state index contributed by atoms with van der Waals surface area (Å²) in [6, 6.07) is 0. The van der Waals surface area contributed by atoms with Crippen LogP contribution >= 0.6 is 0 Å². The van der Waals surface area contributed by atoms with Gasteiger partial charge in [0, 0.05) is 7.05 Å². The van der Waals surface area contributed by atoms with Crippen molar-refractivity contribution in [1.29, 1.82) is 0 Å². The van der Waals surface area contributed by atoms with E-state index < -0.39 is 18.1 Å². The predicted molar refractivity (Wildman–Crippen MR) is 66.0 cm³/mol. The molecular formula is C8H9F3N10. The molecule has 21 heavy (non-hydrogen) atoms. The van der Waals surface area contributed by atoms with Crippen molar-refractivity contribution in [1.82, 2.24) is 29.9 Å². The SMILES string of the molecule is CNc1nc(F)nc(NCNc2nc(F)nc(NF)n2)n1. The number of nitrogens with one attached hydrogen (secondary N) is 4. The number of anilines is 4. The number of hydrogen-bond donors (Lipinski definition) is 4. The molecule has 0 amide bonds. The van der Waals surface area contributed by atoms with Crippen molar-refractivity contribution in [2.75, 3.05) is 35.2 Å². The lowest BCUT2D eigenvalue weighted by Gasteiger charge is -2.07. The van der Waals surface area contributed by atoms with Crippen LogP contribution < -0.4 is 21.5 Å². The van der Waals surface area contributed by atoms with Crippen molar-refractivity contribution in [3.63, 3.8) is 0 Å². The summed E-state index contributed by atoms with van der Waals surface area (Å²) >= 11 is 0. The highest BCUT2D eigenvalue weighted by atomic mass is 19.2. The van der Waals surface area contributed by atoms with E-state index in [9.17, 15) is 13.3 Å². The van der Waals surface area contributed by atoms with Crippen molar-refractivity contribution in [2.24, 2.45) is 0 Å². The summed E-state index contributed by atoms with van der Waals surface area (Å²) in [5.74, 6) is -0.870. The van der Waals surface area contributed by atoms with Crippen LogP contribution in [0.2, 0.25) is 0 Å². The first kappa shape index (κ1) is 14.4. The van der Waals surface area contributed by atoms with Crippen molar-refractivity contribution in [3.8, 4) is 0 Å². The first-order chi connectivity index (χ1) is 10.1. The molecule has 0 aromatic carbocycles. The van der Waals surface area contributed by atoms with Gasteiger partial charge in [-0.25, -0.2) is 0 Å². The molecule has 2 aromatic heterocycles. The number of nitrogens with zero attached hydrogens (tertiary/aromatic N) is 6. The van der Waals surface area contributed by atoms with E-state index in [-0.39, 0.29) is 24.5 Å². The molecule has 0 fully saturated rings. The van der Waals surface area contributed by atoms with Crippen LogP contribution in [0.5, 0.6) is 0 Å². The molecule has 0 saturated heterocycles. The standard InChI is InChI=1S/C8H9F3N10/c1-12-5-15-3(9)16-6(19-5)13-2-14-7-17-4(10)18-8(20-7)21-11/h2H2,1H3,(H2,12,13,15,16,19)(H2,14,17,18,20,21). The van der Waals surface area contributed by atoms with Gasteiger partial charge in [0.25, 0.3) is 5.95 Å². The fourth-order valence-electron chi connectivity index (χ4n) is 1.21. The number of halogens is 3. The number of rotatable bonds is 6. The van der Waals surface area contributed by atoms with Gasteiger partial charge in [-0.05, 0) is 0 Å². The average Bonchev–Trinajstić information content (AvgIpc) is 2.46. The molecule has 0 atom stereocenters. The molecule has 0 aliphatic carbocycles. The summed E-state index contributed by atoms with van der Waals surface area (Å²) in [4.78, 5) is 20.4. The van der Waals surface area contributed by atoms with Crippen LogP contribution in [0.1, 0.15) is 0 Å². The van der Waals surface area contributed by atoms with E-state index >= 15 is 0 Å². The van der Waals surface area contributed by atoms with Crippen molar-refractivity contribution in [3.05, 3.63) is 12.2 Å². The van der Waals surface area contributed by atoms with Gasteiger partial charge in [-0.2, -0.15) is 44.2 Å². The molecule has 4 N–H and O–H groups in total. The number of hydrogen-bond acceptors (Lipinski definition) is 10. The second-order valence-corrected chi connectivity index (χ2v) is 3.38. The summed E-state index contributed by atoms with van der Waals surface area (Å²) in [5.41, 5.74) is 1.09. The van der Waals surface area contributed by atoms with Gasteiger partial charge < -0.3 is 16.0 Å². The van der Waals surface area contributed by atoms with Crippen molar-refractivity contribution >= 4 is 23.8 Å². The molecule has 0 bridgehead atoms. The number of aromatic nitrogens is 6. The van der Waals surface area contributed by atoms with Crippen LogP contribution in [0.4, 0.5) is 37.1 Å². The van der Waals surface area contributed by atoms with Gasteiger partial charge in [0.15, 0.2) is 0 Å². The Balaban J connectivity index is 1.98. The Morgan fingerprint density at radius 2 is 1.24 bits per heavy atom. The van der Waals surface area contributed by atoms with Crippen LogP contribution in [0, 0.1) is 12.2 Å². The molecule has 112 valence electrons.